The van der Waals surface area contributed by atoms with Crippen molar-refractivity contribution in [1.82, 2.24) is 15.0 Å². The van der Waals surface area contributed by atoms with Gasteiger partial charge in [-0.3, -0.25) is 0 Å². The molecule has 0 bridgehead atoms. The van der Waals surface area contributed by atoms with Gasteiger partial charge in [-0.25, -0.2) is 4.68 Å². The number of hydrogen-bond acceptors (Lipinski definition) is 3. The SMILES string of the molecule is CCCCNc1[c]nnn1CC. The zero-order chi connectivity index (χ0) is 8.81. The molecule has 1 aromatic rings. The van der Waals surface area contributed by atoms with Crippen LogP contribution in [-0.4, -0.2) is 21.5 Å². The average Bonchev–Trinajstić information content (AvgIpc) is 2.52. The number of anilines is 1. The number of nitrogens with zero attached hydrogens (tertiary/aromatic N) is 3. The second-order valence-corrected chi connectivity index (χ2v) is 2.65. The molecule has 0 aromatic carbocycles. The van der Waals surface area contributed by atoms with Crippen molar-refractivity contribution in [3.05, 3.63) is 6.20 Å². The lowest BCUT2D eigenvalue weighted by molar-refractivity contribution is 0.629. The fraction of sp³-hybridized carbons (Fsp3) is 0.750. The van der Waals surface area contributed by atoms with Crippen molar-refractivity contribution < 1.29 is 0 Å². The lowest BCUT2D eigenvalue weighted by Gasteiger charge is -2.04. The fourth-order valence-electron chi connectivity index (χ4n) is 0.962. The van der Waals surface area contributed by atoms with E-state index in [2.05, 4.69) is 28.7 Å². The van der Waals surface area contributed by atoms with Gasteiger partial charge in [0.2, 0.25) is 0 Å². The molecule has 0 spiro atoms. The van der Waals surface area contributed by atoms with Crippen LogP contribution in [0.4, 0.5) is 5.82 Å². The monoisotopic (exact) mass is 167 g/mol. The van der Waals surface area contributed by atoms with Gasteiger partial charge in [0.15, 0.2) is 12.0 Å². The van der Waals surface area contributed by atoms with E-state index in [-0.39, 0.29) is 0 Å². The molecule has 1 rings (SSSR count). The maximum absolute atomic E-state index is 3.86. The summed E-state index contributed by atoms with van der Waals surface area (Å²) < 4.78 is 1.80. The van der Waals surface area contributed by atoms with Crippen LogP contribution < -0.4 is 5.32 Å². The van der Waals surface area contributed by atoms with Crippen molar-refractivity contribution in [3.8, 4) is 0 Å². The van der Waals surface area contributed by atoms with E-state index in [1.165, 1.54) is 12.8 Å². The third-order valence-electron chi connectivity index (χ3n) is 1.69. The minimum atomic E-state index is 0.838. The molecule has 1 heterocycles. The van der Waals surface area contributed by atoms with Gasteiger partial charge >= 0.3 is 0 Å². The maximum atomic E-state index is 3.86. The van der Waals surface area contributed by atoms with E-state index >= 15 is 0 Å². The summed E-state index contributed by atoms with van der Waals surface area (Å²) in [5.41, 5.74) is 0. The highest BCUT2D eigenvalue weighted by Gasteiger charge is 1.99. The molecule has 0 saturated carbocycles. The Balaban J connectivity index is 2.39. The Morgan fingerprint density at radius 2 is 2.33 bits per heavy atom. The zero-order valence-corrected chi connectivity index (χ0v) is 7.67. The van der Waals surface area contributed by atoms with Crippen LogP contribution >= 0.6 is 0 Å². The molecule has 4 heteroatoms. The van der Waals surface area contributed by atoms with Gasteiger partial charge in [-0.1, -0.05) is 18.6 Å². The molecule has 4 nitrogen and oxygen atoms in total. The Bertz CT molecular complexity index is 219. The first-order valence-corrected chi connectivity index (χ1v) is 4.43. The number of aromatic nitrogens is 3. The molecule has 0 aliphatic carbocycles. The van der Waals surface area contributed by atoms with E-state index in [1.807, 2.05) is 6.92 Å². The minimum Gasteiger partial charge on any atom is -0.368 e. The van der Waals surface area contributed by atoms with Crippen LogP contribution in [0.15, 0.2) is 0 Å². The van der Waals surface area contributed by atoms with Crippen molar-refractivity contribution in [2.45, 2.75) is 33.2 Å². The van der Waals surface area contributed by atoms with Crippen LogP contribution in [0.1, 0.15) is 26.7 Å². The van der Waals surface area contributed by atoms with Gasteiger partial charge in [0.25, 0.3) is 0 Å². The molecule has 0 amide bonds. The van der Waals surface area contributed by atoms with Crippen molar-refractivity contribution in [3.63, 3.8) is 0 Å². The highest BCUT2D eigenvalue weighted by molar-refractivity contribution is 5.29. The van der Waals surface area contributed by atoms with Crippen molar-refractivity contribution in [1.29, 1.82) is 0 Å². The summed E-state index contributed by atoms with van der Waals surface area (Å²) in [6.45, 7) is 6.01. The first-order chi connectivity index (χ1) is 5.88. The summed E-state index contributed by atoms with van der Waals surface area (Å²) in [6, 6.07) is 0. The van der Waals surface area contributed by atoms with Gasteiger partial charge in [0.1, 0.15) is 0 Å². The number of nitrogens with one attached hydrogen (secondary N) is 1. The first-order valence-electron chi connectivity index (χ1n) is 4.43. The van der Waals surface area contributed by atoms with Crippen LogP contribution in [-0.2, 0) is 6.54 Å². The Morgan fingerprint density at radius 1 is 1.50 bits per heavy atom. The van der Waals surface area contributed by atoms with Gasteiger partial charge < -0.3 is 5.32 Å². The smallest absolute Gasteiger partial charge is 0.161 e. The molecule has 0 saturated heterocycles. The van der Waals surface area contributed by atoms with Gasteiger partial charge in [-0.05, 0) is 13.3 Å². The van der Waals surface area contributed by atoms with Crippen LogP contribution in [0.25, 0.3) is 0 Å². The third kappa shape index (κ3) is 2.22. The molecule has 0 aliphatic rings. The number of unbranched alkanes of at least 4 members (excludes halogenated alkanes) is 1. The lowest BCUT2D eigenvalue weighted by atomic mass is 10.3. The largest absolute Gasteiger partial charge is 0.368 e. The Hall–Kier alpha value is -1.06. The topological polar surface area (TPSA) is 42.7 Å². The normalized spacial score (nSPS) is 10.2. The molecule has 0 atom stereocenters. The maximum Gasteiger partial charge on any atom is 0.161 e. The average molecular weight is 167 g/mol. The standard InChI is InChI=1S/C8H15N4/c1-3-5-6-9-8-7-10-11-12(8)4-2/h9H,3-6H2,1-2H3. The molecule has 1 N–H and O–H groups in total. The molecule has 1 radical (unpaired) electrons. The van der Waals surface area contributed by atoms with Crippen molar-refractivity contribution in [2.24, 2.45) is 0 Å². The molecule has 12 heavy (non-hydrogen) atoms. The fourth-order valence-corrected chi connectivity index (χ4v) is 0.962. The molecule has 0 aliphatic heterocycles. The lowest BCUT2D eigenvalue weighted by Crippen LogP contribution is -2.07. The predicted molar refractivity (Wildman–Crippen MR) is 47.9 cm³/mol. The quantitative estimate of drug-likeness (QED) is 0.672. The molecular formula is C8H15N4. The van der Waals surface area contributed by atoms with Gasteiger partial charge in [-0.15, -0.1) is 5.10 Å². The van der Waals surface area contributed by atoms with Gasteiger partial charge in [-0.2, -0.15) is 0 Å². The molecular weight excluding hydrogens is 152 g/mol. The number of hydrogen-bond donors (Lipinski definition) is 1. The van der Waals surface area contributed by atoms with Crippen molar-refractivity contribution >= 4 is 5.82 Å². The minimum absolute atomic E-state index is 0.838. The van der Waals surface area contributed by atoms with Gasteiger partial charge in [0, 0.05) is 13.1 Å². The van der Waals surface area contributed by atoms with E-state index in [1.54, 1.807) is 4.68 Å². The van der Waals surface area contributed by atoms with Crippen LogP contribution in [0.5, 0.6) is 0 Å². The molecule has 1 aromatic heterocycles. The Morgan fingerprint density at radius 3 is 3.00 bits per heavy atom. The summed E-state index contributed by atoms with van der Waals surface area (Å²) in [4.78, 5) is 0. The summed E-state index contributed by atoms with van der Waals surface area (Å²) in [5.74, 6) is 0.894. The van der Waals surface area contributed by atoms with Crippen molar-refractivity contribution in [2.75, 3.05) is 11.9 Å². The summed E-state index contributed by atoms with van der Waals surface area (Å²) in [7, 11) is 0. The Kier molecular flexibility index (Phi) is 3.57. The first kappa shape index (κ1) is 9.03. The van der Waals surface area contributed by atoms with E-state index in [0.717, 1.165) is 18.9 Å². The van der Waals surface area contributed by atoms with Gasteiger partial charge in [0.05, 0.1) is 0 Å². The molecule has 0 fully saturated rings. The summed E-state index contributed by atoms with van der Waals surface area (Å²) in [6.07, 6.45) is 5.17. The highest BCUT2D eigenvalue weighted by Crippen LogP contribution is 2.02. The molecule has 67 valence electrons. The van der Waals surface area contributed by atoms with E-state index in [0.29, 0.717) is 0 Å². The van der Waals surface area contributed by atoms with E-state index < -0.39 is 0 Å². The van der Waals surface area contributed by atoms with E-state index in [4.69, 9.17) is 0 Å². The van der Waals surface area contributed by atoms with Crippen LogP contribution in [0.3, 0.4) is 0 Å². The second-order valence-electron chi connectivity index (χ2n) is 2.65. The highest BCUT2D eigenvalue weighted by atomic mass is 15.4. The zero-order valence-electron chi connectivity index (χ0n) is 7.67. The van der Waals surface area contributed by atoms with Crippen LogP contribution in [0.2, 0.25) is 0 Å². The van der Waals surface area contributed by atoms with E-state index in [9.17, 15) is 0 Å². The number of aryl methyl sites for hydroxylation is 1. The Labute approximate surface area is 73.0 Å². The summed E-state index contributed by atoms with van der Waals surface area (Å²) >= 11 is 0. The number of rotatable bonds is 5. The second kappa shape index (κ2) is 4.74. The third-order valence-corrected chi connectivity index (χ3v) is 1.69. The summed E-state index contributed by atoms with van der Waals surface area (Å²) in [5, 5.41) is 10.8. The van der Waals surface area contributed by atoms with Crippen LogP contribution in [0, 0.1) is 6.20 Å². The molecule has 0 unspecified atom stereocenters. The predicted octanol–water partition coefficient (Wildman–Crippen LogP) is 1.31.